The molecular weight excluding hydrogens is 349 g/mol. The number of hydrazine groups is 1. The molecule has 1 aromatic heterocycles. The standard InChI is InChI=1S/C19H20FN5O2/c1-27-18-7-2-13(8-17(18)20)11-24-12-23-25(19(24)26)16-5-3-14(4-6-16)15-9-21-22-10-15/h2-8,12,15,21-22H,9-11H2,1H3. The van der Waals surface area contributed by atoms with E-state index < -0.39 is 5.82 Å². The molecule has 1 aliphatic rings. The number of rotatable bonds is 5. The number of nitrogens with zero attached hydrogens (tertiary/aromatic N) is 3. The van der Waals surface area contributed by atoms with Gasteiger partial charge >= 0.3 is 5.69 Å². The van der Waals surface area contributed by atoms with E-state index in [1.807, 2.05) is 24.3 Å². The summed E-state index contributed by atoms with van der Waals surface area (Å²) in [5.74, 6) is 0.134. The van der Waals surface area contributed by atoms with Crippen LogP contribution in [0.2, 0.25) is 0 Å². The summed E-state index contributed by atoms with van der Waals surface area (Å²) >= 11 is 0. The largest absolute Gasteiger partial charge is 0.494 e. The van der Waals surface area contributed by atoms with Crippen molar-refractivity contribution in [3.05, 3.63) is 76.2 Å². The Morgan fingerprint density at radius 2 is 1.93 bits per heavy atom. The van der Waals surface area contributed by atoms with Crippen LogP contribution in [-0.2, 0) is 6.54 Å². The predicted molar refractivity (Wildman–Crippen MR) is 98.6 cm³/mol. The van der Waals surface area contributed by atoms with Gasteiger partial charge in [-0.05, 0) is 35.4 Å². The van der Waals surface area contributed by atoms with Crippen LogP contribution in [0.3, 0.4) is 0 Å². The zero-order valence-corrected chi connectivity index (χ0v) is 14.9. The summed E-state index contributed by atoms with van der Waals surface area (Å²) in [6.07, 6.45) is 1.46. The Hall–Kier alpha value is -2.97. The Bertz CT molecular complexity index is 990. The van der Waals surface area contributed by atoms with Crippen LogP contribution in [0, 0.1) is 5.82 Å². The highest BCUT2D eigenvalue weighted by Crippen LogP contribution is 2.19. The molecule has 3 aromatic rings. The number of ether oxygens (including phenoxy) is 1. The lowest BCUT2D eigenvalue weighted by Crippen LogP contribution is -2.24. The lowest BCUT2D eigenvalue weighted by Gasteiger charge is -2.08. The first kappa shape index (κ1) is 17.4. The molecule has 0 bridgehead atoms. The Labute approximate surface area is 155 Å². The fourth-order valence-electron chi connectivity index (χ4n) is 3.21. The number of halogens is 1. The second-order valence-corrected chi connectivity index (χ2v) is 6.47. The van der Waals surface area contributed by atoms with Gasteiger partial charge in [0.2, 0.25) is 0 Å². The maximum absolute atomic E-state index is 13.8. The van der Waals surface area contributed by atoms with Crippen molar-refractivity contribution in [2.45, 2.75) is 12.5 Å². The lowest BCUT2D eigenvalue weighted by molar-refractivity contribution is 0.386. The van der Waals surface area contributed by atoms with Gasteiger partial charge in [-0.3, -0.25) is 15.4 Å². The summed E-state index contributed by atoms with van der Waals surface area (Å²) < 4.78 is 21.5. The van der Waals surface area contributed by atoms with Crippen LogP contribution in [0.1, 0.15) is 17.0 Å². The molecule has 1 aliphatic heterocycles. The van der Waals surface area contributed by atoms with Gasteiger partial charge in [0, 0.05) is 19.0 Å². The maximum atomic E-state index is 13.8. The third-order valence-corrected chi connectivity index (χ3v) is 4.73. The average molecular weight is 369 g/mol. The van der Waals surface area contributed by atoms with Gasteiger partial charge in [0.15, 0.2) is 11.6 Å². The topological polar surface area (TPSA) is 73.1 Å². The summed E-state index contributed by atoms with van der Waals surface area (Å²) in [6.45, 7) is 2.00. The molecule has 8 heteroatoms. The van der Waals surface area contributed by atoms with E-state index in [0.29, 0.717) is 17.2 Å². The van der Waals surface area contributed by atoms with E-state index in [0.717, 1.165) is 13.1 Å². The summed E-state index contributed by atoms with van der Waals surface area (Å²) in [6, 6.07) is 12.4. The van der Waals surface area contributed by atoms with E-state index in [1.54, 1.807) is 12.1 Å². The third kappa shape index (κ3) is 3.49. The molecule has 27 heavy (non-hydrogen) atoms. The minimum absolute atomic E-state index is 0.176. The fourth-order valence-corrected chi connectivity index (χ4v) is 3.21. The Balaban J connectivity index is 1.55. The van der Waals surface area contributed by atoms with Gasteiger partial charge in [0.25, 0.3) is 0 Å². The van der Waals surface area contributed by atoms with Crippen molar-refractivity contribution in [3.8, 4) is 11.4 Å². The molecule has 0 saturated carbocycles. The first-order valence-corrected chi connectivity index (χ1v) is 8.68. The van der Waals surface area contributed by atoms with Crippen LogP contribution >= 0.6 is 0 Å². The van der Waals surface area contributed by atoms with Crippen molar-refractivity contribution >= 4 is 0 Å². The zero-order valence-electron chi connectivity index (χ0n) is 14.9. The van der Waals surface area contributed by atoms with E-state index in [-0.39, 0.29) is 18.0 Å². The summed E-state index contributed by atoms with van der Waals surface area (Å²) in [5, 5.41) is 4.19. The minimum Gasteiger partial charge on any atom is -0.494 e. The number of benzene rings is 2. The molecule has 2 N–H and O–H groups in total. The Morgan fingerprint density at radius 1 is 1.19 bits per heavy atom. The highest BCUT2D eigenvalue weighted by atomic mass is 19.1. The second kappa shape index (κ2) is 7.34. The highest BCUT2D eigenvalue weighted by molar-refractivity contribution is 5.35. The van der Waals surface area contributed by atoms with Crippen molar-refractivity contribution < 1.29 is 9.13 Å². The van der Waals surface area contributed by atoms with Gasteiger partial charge in [0.05, 0.1) is 19.3 Å². The summed E-state index contributed by atoms with van der Waals surface area (Å²) in [4.78, 5) is 12.6. The smallest absolute Gasteiger partial charge is 0.350 e. The lowest BCUT2D eigenvalue weighted by atomic mass is 10.0. The highest BCUT2D eigenvalue weighted by Gasteiger charge is 2.16. The number of hydrogen-bond donors (Lipinski definition) is 2. The molecule has 0 radical (unpaired) electrons. The van der Waals surface area contributed by atoms with E-state index in [2.05, 4.69) is 16.0 Å². The van der Waals surface area contributed by atoms with Crippen LogP contribution in [0.5, 0.6) is 5.75 Å². The SMILES string of the molecule is COc1ccc(Cn2cnn(-c3ccc(C4CNNC4)cc3)c2=O)cc1F. The molecule has 7 nitrogen and oxygen atoms in total. The quantitative estimate of drug-likeness (QED) is 0.712. The van der Waals surface area contributed by atoms with E-state index in [4.69, 9.17) is 4.74 Å². The van der Waals surface area contributed by atoms with Gasteiger partial charge in [0.1, 0.15) is 6.33 Å². The van der Waals surface area contributed by atoms with Crippen LogP contribution < -0.4 is 21.3 Å². The van der Waals surface area contributed by atoms with Gasteiger partial charge in [-0.2, -0.15) is 9.78 Å². The van der Waals surface area contributed by atoms with Gasteiger partial charge in [-0.25, -0.2) is 9.18 Å². The average Bonchev–Trinajstić information content (AvgIpc) is 3.33. The van der Waals surface area contributed by atoms with E-state index >= 15 is 0 Å². The van der Waals surface area contributed by atoms with Crippen molar-refractivity contribution in [1.82, 2.24) is 25.2 Å². The first-order valence-electron chi connectivity index (χ1n) is 8.68. The van der Waals surface area contributed by atoms with E-state index in [9.17, 15) is 9.18 Å². The first-order chi connectivity index (χ1) is 13.2. The number of hydrogen-bond acceptors (Lipinski definition) is 5. The third-order valence-electron chi connectivity index (χ3n) is 4.73. The van der Waals surface area contributed by atoms with Gasteiger partial charge in [-0.15, -0.1) is 0 Å². The van der Waals surface area contributed by atoms with Crippen LogP contribution in [-0.4, -0.2) is 34.5 Å². The molecule has 0 unspecified atom stereocenters. The molecule has 0 atom stereocenters. The molecule has 0 amide bonds. The monoisotopic (exact) mass is 369 g/mol. The van der Waals surface area contributed by atoms with Crippen LogP contribution in [0.15, 0.2) is 53.6 Å². The maximum Gasteiger partial charge on any atom is 0.350 e. The molecule has 1 fully saturated rings. The molecule has 1 saturated heterocycles. The van der Waals surface area contributed by atoms with Crippen molar-refractivity contribution in [1.29, 1.82) is 0 Å². The van der Waals surface area contributed by atoms with Crippen LogP contribution in [0.4, 0.5) is 4.39 Å². The predicted octanol–water partition coefficient (Wildman–Crippen LogP) is 1.42. The van der Waals surface area contributed by atoms with Gasteiger partial charge < -0.3 is 4.74 Å². The number of aromatic nitrogens is 3. The minimum atomic E-state index is -0.457. The van der Waals surface area contributed by atoms with Crippen molar-refractivity contribution in [3.63, 3.8) is 0 Å². The summed E-state index contributed by atoms with van der Waals surface area (Å²) in [7, 11) is 1.41. The molecule has 0 spiro atoms. The molecule has 140 valence electrons. The molecular formula is C19H20FN5O2. The normalized spacial score (nSPS) is 14.6. The number of methoxy groups -OCH3 is 1. The zero-order chi connectivity index (χ0) is 18.8. The molecule has 4 rings (SSSR count). The summed E-state index contributed by atoms with van der Waals surface area (Å²) in [5.41, 5.74) is 8.50. The van der Waals surface area contributed by atoms with Crippen LogP contribution in [0.25, 0.3) is 5.69 Å². The molecule has 2 heterocycles. The molecule has 2 aromatic carbocycles. The molecule has 0 aliphatic carbocycles. The Kier molecular flexibility index (Phi) is 4.74. The number of nitrogens with one attached hydrogen (secondary N) is 2. The second-order valence-electron chi connectivity index (χ2n) is 6.47. The van der Waals surface area contributed by atoms with Crippen molar-refractivity contribution in [2.24, 2.45) is 0 Å². The van der Waals surface area contributed by atoms with Gasteiger partial charge in [-0.1, -0.05) is 18.2 Å². The Morgan fingerprint density at radius 3 is 2.59 bits per heavy atom. The van der Waals surface area contributed by atoms with E-state index in [1.165, 1.54) is 34.3 Å². The fraction of sp³-hybridized carbons (Fsp3) is 0.263. The van der Waals surface area contributed by atoms with Crippen molar-refractivity contribution in [2.75, 3.05) is 20.2 Å².